The second kappa shape index (κ2) is 12.7. The Morgan fingerprint density at radius 3 is 1.95 bits per heavy atom. The highest BCUT2D eigenvalue weighted by Crippen LogP contribution is 2.54. The van der Waals surface area contributed by atoms with E-state index in [0.717, 1.165) is 30.7 Å². The number of fused-ring (bicyclic) bond motifs is 4. The SMILES string of the molecule is CCCCCC1CCC(c2ccc(-c3ccc4c(c3F)-c3c-4cc(-c4ccc(CCCC)cc4F)c(F)c3F)cc2)CC1. The predicted molar refractivity (Wildman–Crippen MR) is 169 cm³/mol. The molecular weight excluding hydrogens is 544 g/mol. The summed E-state index contributed by atoms with van der Waals surface area (Å²) in [6.45, 7) is 4.31. The molecule has 0 heterocycles. The van der Waals surface area contributed by atoms with Crippen LogP contribution in [0.1, 0.15) is 95.1 Å². The lowest BCUT2D eigenvalue weighted by Crippen LogP contribution is -2.13. The molecule has 224 valence electrons. The van der Waals surface area contributed by atoms with E-state index >= 15 is 13.2 Å². The molecule has 6 rings (SSSR count). The van der Waals surface area contributed by atoms with Crippen LogP contribution >= 0.6 is 0 Å². The number of rotatable bonds is 10. The molecule has 43 heavy (non-hydrogen) atoms. The molecule has 0 bridgehead atoms. The number of unbranched alkanes of at least 4 members (excludes halogenated alkanes) is 3. The van der Waals surface area contributed by atoms with E-state index in [9.17, 15) is 4.39 Å². The van der Waals surface area contributed by atoms with Crippen LogP contribution in [0.2, 0.25) is 0 Å². The average Bonchev–Trinajstić information content (AvgIpc) is 3.01. The molecule has 0 N–H and O–H groups in total. The Bertz CT molecular complexity index is 1610. The molecule has 4 aromatic rings. The number of aryl methyl sites for hydroxylation is 1. The van der Waals surface area contributed by atoms with Crippen LogP contribution in [0.25, 0.3) is 44.5 Å². The van der Waals surface area contributed by atoms with Gasteiger partial charge in [0.2, 0.25) is 0 Å². The van der Waals surface area contributed by atoms with Crippen molar-refractivity contribution in [2.24, 2.45) is 5.92 Å². The van der Waals surface area contributed by atoms with Gasteiger partial charge in [0.1, 0.15) is 11.6 Å². The van der Waals surface area contributed by atoms with E-state index in [0.29, 0.717) is 28.2 Å². The molecule has 0 atom stereocenters. The van der Waals surface area contributed by atoms with Crippen molar-refractivity contribution in [1.29, 1.82) is 0 Å². The van der Waals surface area contributed by atoms with Crippen molar-refractivity contribution in [2.75, 3.05) is 0 Å². The van der Waals surface area contributed by atoms with Gasteiger partial charge in [-0.3, -0.25) is 0 Å². The van der Waals surface area contributed by atoms with Crippen LogP contribution < -0.4 is 0 Å². The first-order chi connectivity index (χ1) is 20.9. The number of hydrogen-bond donors (Lipinski definition) is 0. The summed E-state index contributed by atoms with van der Waals surface area (Å²) < 4.78 is 61.7. The summed E-state index contributed by atoms with van der Waals surface area (Å²) in [4.78, 5) is 0. The van der Waals surface area contributed by atoms with Gasteiger partial charge in [-0.05, 0) is 90.3 Å². The molecule has 1 saturated carbocycles. The highest BCUT2D eigenvalue weighted by molar-refractivity contribution is 6.05. The van der Waals surface area contributed by atoms with Crippen LogP contribution in [0, 0.1) is 29.2 Å². The molecule has 2 aliphatic carbocycles. The normalized spacial score (nSPS) is 17.3. The van der Waals surface area contributed by atoms with Gasteiger partial charge in [0, 0.05) is 27.8 Å². The Kier molecular flexibility index (Phi) is 8.75. The summed E-state index contributed by atoms with van der Waals surface area (Å²) in [5.41, 5.74) is 4.02. The minimum Gasteiger partial charge on any atom is -0.206 e. The van der Waals surface area contributed by atoms with Crippen LogP contribution in [0.3, 0.4) is 0 Å². The van der Waals surface area contributed by atoms with Crippen molar-refractivity contribution in [3.8, 4) is 44.5 Å². The maximum Gasteiger partial charge on any atom is 0.168 e. The number of halogens is 4. The van der Waals surface area contributed by atoms with E-state index in [4.69, 9.17) is 0 Å². The zero-order chi connectivity index (χ0) is 30.1. The smallest absolute Gasteiger partial charge is 0.168 e. The van der Waals surface area contributed by atoms with E-state index in [1.807, 2.05) is 12.1 Å². The first kappa shape index (κ1) is 29.7. The molecule has 0 nitrogen and oxygen atoms in total. The zero-order valence-electron chi connectivity index (χ0n) is 25.2. The molecule has 4 aromatic carbocycles. The van der Waals surface area contributed by atoms with Gasteiger partial charge in [-0.1, -0.05) is 94.5 Å². The lowest BCUT2D eigenvalue weighted by molar-refractivity contribution is 0.303. The fourth-order valence-corrected chi connectivity index (χ4v) is 7.20. The van der Waals surface area contributed by atoms with E-state index in [1.54, 1.807) is 18.2 Å². The third-order valence-electron chi connectivity index (χ3n) is 9.79. The molecule has 0 spiro atoms. The average molecular weight is 585 g/mol. The largest absolute Gasteiger partial charge is 0.206 e. The van der Waals surface area contributed by atoms with Crippen LogP contribution in [-0.2, 0) is 6.42 Å². The molecule has 0 aliphatic heterocycles. The summed E-state index contributed by atoms with van der Waals surface area (Å²) in [6.07, 6.45) is 12.8. The van der Waals surface area contributed by atoms with Gasteiger partial charge in [-0.15, -0.1) is 0 Å². The Morgan fingerprint density at radius 2 is 1.26 bits per heavy atom. The second-order valence-electron chi connectivity index (χ2n) is 12.6. The number of hydrogen-bond acceptors (Lipinski definition) is 0. The zero-order valence-corrected chi connectivity index (χ0v) is 25.2. The van der Waals surface area contributed by atoms with Gasteiger partial charge in [0.15, 0.2) is 11.6 Å². The third-order valence-corrected chi connectivity index (χ3v) is 9.79. The molecule has 0 unspecified atom stereocenters. The Morgan fingerprint density at radius 1 is 0.581 bits per heavy atom. The van der Waals surface area contributed by atoms with E-state index in [1.165, 1.54) is 75.1 Å². The van der Waals surface area contributed by atoms with E-state index in [-0.39, 0.29) is 22.3 Å². The topological polar surface area (TPSA) is 0 Å². The van der Waals surface area contributed by atoms with Gasteiger partial charge in [-0.2, -0.15) is 0 Å². The molecule has 1 fully saturated rings. The highest BCUT2D eigenvalue weighted by Gasteiger charge is 2.34. The quantitative estimate of drug-likeness (QED) is 0.113. The Balaban J connectivity index is 1.22. The predicted octanol–water partition coefficient (Wildman–Crippen LogP) is 12.4. The van der Waals surface area contributed by atoms with Crippen molar-refractivity contribution in [2.45, 2.75) is 90.4 Å². The summed E-state index contributed by atoms with van der Waals surface area (Å²) in [7, 11) is 0. The van der Waals surface area contributed by atoms with Crippen LogP contribution in [0.4, 0.5) is 17.6 Å². The van der Waals surface area contributed by atoms with E-state index < -0.39 is 23.3 Å². The fraction of sp³-hybridized carbons (Fsp3) is 0.385. The van der Waals surface area contributed by atoms with Crippen LogP contribution in [0.5, 0.6) is 0 Å². The molecule has 0 amide bonds. The number of benzene rings is 4. The minimum absolute atomic E-state index is 0.00931. The van der Waals surface area contributed by atoms with Crippen LogP contribution in [0.15, 0.2) is 60.7 Å². The monoisotopic (exact) mass is 584 g/mol. The minimum atomic E-state index is -1.15. The third kappa shape index (κ3) is 5.66. The van der Waals surface area contributed by atoms with Gasteiger partial charge in [-0.25, -0.2) is 17.6 Å². The second-order valence-corrected chi connectivity index (χ2v) is 12.6. The Hall–Kier alpha value is -3.40. The molecule has 0 aromatic heterocycles. The van der Waals surface area contributed by atoms with Crippen molar-refractivity contribution < 1.29 is 17.6 Å². The summed E-state index contributed by atoms with van der Waals surface area (Å²) in [5, 5.41) is 0. The molecule has 2 aliphatic rings. The molecule has 0 saturated heterocycles. The van der Waals surface area contributed by atoms with Gasteiger partial charge >= 0.3 is 0 Å². The van der Waals surface area contributed by atoms with Gasteiger partial charge < -0.3 is 0 Å². The summed E-state index contributed by atoms with van der Waals surface area (Å²) in [5.74, 6) is -2.05. The van der Waals surface area contributed by atoms with Gasteiger partial charge in [0.25, 0.3) is 0 Å². The van der Waals surface area contributed by atoms with Crippen molar-refractivity contribution in [1.82, 2.24) is 0 Å². The summed E-state index contributed by atoms with van der Waals surface area (Å²) in [6, 6.07) is 17.7. The molecular formula is C39H40F4. The first-order valence-electron chi connectivity index (χ1n) is 16.2. The summed E-state index contributed by atoms with van der Waals surface area (Å²) >= 11 is 0. The molecule has 4 heteroatoms. The Labute approximate surface area is 253 Å². The van der Waals surface area contributed by atoms with E-state index in [2.05, 4.69) is 26.0 Å². The van der Waals surface area contributed by atoms with Gasteiger partial charge in [0.05, 0.1) is 0 Å². The maximum absolute atomic E-state index is 15.9. The van der Waals surface area contributed by atoms with Crippen molar-refractivity contribution >= 4 is 0 Å². The fourth-order valence-electron chi connectivity index (χ4n) is 7.20. The lowest BCUT2D eigenvalue weighted by Gasteiger charge is -2.29. The van der Waals surface area contributed by atoms with Crippen molar-refractivity contribution in [3.63, 3.8) is 0 Å². The first-order valence-corrected chi connectivity index (χ1v) is 16.2. The maximum atomic E-state index is 15.9. The van der Waals surface area contributed by atoms with Crippen LogP contribution in [-0.4, -0.2) is 0 Å². The van der Waals surface area contributed by atoms with Crippen molar-refractivity contribution in [3.05, 3.63) is 95.1 Å². The standard InChI is InChI=1S/C39H40F4/c1-3-5-7-9-24-10-13-26(14-11-24)27-15-17-28(18-16-27)29-20-21-31-32-23-33(38(42)39(43)36(32)35(31)37(29)41)30-19-12-25(8-6-4-2)22-34(30)40/h12,15-24,26H,3-11,13-14H2,1-2H3. The molecule has 0 radical (unpaired) electrons. The lowest BCUT2D eigenvalue weighted by atomic mass is 9.76. The highest BCUT2D eigenvalue weighted by atomic mass is 19.2.